The number of aliphatic hydroxyl groups excluding tert-OH is 5. The molecule has 2 unspecified atom stereocenters. The van der Waals surface area contributed by atoms with Crippen LogP contribution in [0.3, 0.4) is 0 Å². The predicted molar refractivity (Wildman–Crippen MR) is 77.9 cm³/mol. The minimum atomic E-state index is -1.51. The van der Waals surface area contributed by atoms with Gasteiger partial charge in [-0.1, -0.05) is 13.8 Å². The van der Waals surface area contributed by atoms with Gasteiger partial charge in [0.25, 0.3) is 0 Å². The lowest BCUT2D eigenvalue weighted by atomic mass is 9.93. The lowest BCUT2D eigenvalue weighted by molar-refractivity contribution is -0.296. The summed E-state index contributed by atoms with van der Waals surface area (Å²) in [6.45, 7) is 4.90. The maximum Gasteiger partial charge on any atom is 0.228 e. The Labute approximate surface area is 134 Å². The number of aliphatic hydroxyl groups is 5. The van der Waals surface area contributed by atoms with E-state index in [1.165, 1.54) is 0 Å². The zero-order valence-corrected chi connectivity index (χ0v) is 13.5. The molecule has 0 radical (unpaired) electrons. The molecular weight excluding hydrogens is 308 g/mol. The molecule has 0 saturated carbocycles. The Balaban J connectivity index is 2.20. The summed E-state index contributed by atoms with van der Waals surface area (Å²) >= 11 is 0. The smallest absolute Gasteiger partial charge is 0.228 e. The molecule has 8 heteroatoms. The molecule has 2 heterocycles. The minimum absolute atomic E-state index is 0.184. The van der Waals surface area contributed by atoms with Crippen LogP contribution in [0.2, 0.25) is 0 Å². The van der Waals surface area contributed by atoms with Gasteiger partial charge in [0.2, 0.25) is 6.29 Å². The summed E-state index contributed by atoms with van der Waals surface area (Å²) < 4.78 is 16.5. The van der Waals surface area contributed by atoms with Crippen molar-refractivity contribution in [2.75, 3.05) is 6.61 Å². The summed E-state index contributed by atoms with van der Waals surface area (Å²) in [6, 6.07) is 0. The fraction of sp³-hybridized carbons (Fsp3) is 0.867. The van der Waals surface area contributed by atoms with Gasteiger partial charge in [0.05, 0.1) is 12.7 Å². The maximum absolute atomic E-state index is 10.1. The van der Waals surface area contributed by atoms with Crippen LogP contribution in [0.4, 0.5) is 0 Å². The third-order valence-electron chi connectivity index (χ3n) is 4.53. The van der Waals surface area contributed by atoms with Gasteiger partial charge < -0.3 is 39.7 Å². The number of hydrogen-bond acceptors (Lipinski definition) is 8. The Morgan fingerprint density at radius 3 is 2.22 bits per heavy atom. The van der Waals surface area contributed by atoms with E-state index >= 15 is 0 Å². The van der Waals surface area contributed by atoms with Gasteiger partial charge in [0.15, 0.2) is 6.29 Å². The lowest BCUT2D eigenvalue weighted by Crippen LogP contribution is -2.59. The van der Waals surface area contributed by atoms with Crippen molar-refractivity contribution in [1.29, 1.82) is 0 Å². The Morgan fingerprint density at radius 2 is 1.65 bits per heavy atom. The van der Waals surface area contributed by atoms with Gasteiger partial charge >= 0.3 is 0 Å². The van der Waals surface area contributed by atoms with Crippen LogP contribution >= 0.6 is 0 Å². The molecule has 8 nitrogen and oxygen atoms in total. The van der Waals surface area contributed by atoms with Crippen LogP contribution in [0, 0.1) is 5.92 Å². The molecule has 2 aliphatic rings. The van der Waals surface area contributed by atoms with Crippen LogP contribution in [0.1, 0.15) is 27.2 Å². The van der Waals surface area contributed by atoms with Crippen LogP contribution in [0.15, 0.2) is 11.3 Å². The Morgan fingerprint density at radius 1 is 1.00 bits per heavy atom. The summed E-state index contributed by atoms with van der Waals surface area (Å²) in [5, 5.41) is 48.8. The van der Waals surface area contributed by atoms with Gasteiger partial charge in [-0.2, -0.15) is 0 Å². The molecule has 0 bridgehead atoms. The van der Waals surface area contributed by atoms with Crippen molar-refractivity contribution in [3.05, 3.63) is 11.3 Å². The summed E-state index contributed by atoms with van der Waals surface area (Å²) in [5.41, 5.74) is 0.458. The highest BCUT2D eigenvalue weighted by Crippen LogP contribution is 2.34. The maximum atomic E-state index is 10.1. The number of rotatable bonds is 4. The summed E-state index contributed by atoms with van der Waals surface area (Å²) in [7, 11) is 0. The van der Waals surface area contributed by atoms with Crippen molar-refractivity contribution in [1.82, 2.24) is 0 Å². The molecule has 0 amide bonds. The standard InChI is InChI=1S/C15H26O8/c1-4-8-6(2)13(7(3)14(20)21-8)23-15-12(19)11(18)10(17)9(5-16)22-15/h6,8-12,14-20H,4-5H2,1-3H3/t6-,8?,9-,10-,11+,12-,14?,15+/m1/s1. The monoisotopic (exact) mass is 334 g/mol. The summed E-state index contributed by atoms with van der Waals surface area (Å²) in [5.74, 6) is 0.232. The molecule has 0 aromatic rings. The van der Waals surface area contributed by atoms with Crippen molar-refractivity contribution in [3.63, 3.8) is 0 Å². The average Bonchev–Trinajstić information content (AvgIpc) is 2.54. The molecule has 8 atom stereocenters. The molecule has 23 heavy (non-hydrogen) atoms. The van der Waals surface area contributed by atoms with Crippen LogP contribution in [-0.4, -0.2) is 75.2 Å². The molecule has 1 saturated heterocycles. The van der Waals surface area contributed by atoms with Gasteiger partial charge in [0.1, 0.15) is 30.2 Å². The molecular formula is C15H26O8. The van der Waals surface area contributed by atoms with E-state index in [9.17, 15) is 25.5 Å². The van der Waals surface area contributed by atoms with Gasteiger partial charge in [-0.05, 0) is 13.3 Å². The first-order chi connectivity index (χ1) is 10.8. The molecule has 2 rings (SSSR count). The molecule has 0 spiro atoms. The Kier molecular flexibility index (Phi) is 6.01. The van der Waals surface area contributed by atoms with E-state index in [4.69, 9.17) is 14.2 Å². The first-order valence-electron chi connectivity index (χ1n) is 7.83. The number of ether oxygens (including phenoxy) is 3. The van der Waals surface area contributed by atoms with Crippen LogP contribution < -0.4 is 0 Å². The third kappa shape index (κ3) is 3.53. The zero-order valence-electron chi connectivity index (χ0n) is 13.5. The van der Waals surface area contributed by atoms with Gasteiger partial charge in [-0.25, -0.2) is 0 Å². The van der Waals surface area contributed by atoms with Crippen molar-refractivity contribution in [2.24, 2.45) is 5.92 Å². The minimum Gasteiger partial charge on any atom is -0.466 e. The lowest BCUT2D eigenvalue weighted by Gasteiger charge is -2.42. The first kappa shape index (κ1) is 18.6. The molecule has 2 aliphatic heterocycles. The highest BCUT2D eigenvalue weighted by Gasteiger charge is 2.46. The van der Waals surface area contributed by atoms with E-state index in [-0.39, 0.29) is 12.0 Å². The summed E-state index contributed by atoms with van der Waals surface area (Å²) in [4.78, 5) is 0. The number of hydrogen-bond donors (Lipinski definition) is 5. The second-order valence-corrected chi connectivity index (χ2v) is 6.09. The van der Waals surface area contributed by atoms with E-state index in [2.05, 4.69) is 0 Å². The molecule has 5 N–H and O–H groups in total. The second kappa shape index (κ2) is 7.43. The largest absolute Gasteiger partial charge is 0.466 e. The fourth-order valence-corrected chi connectivity index (χ4v) is 2.98. The highest BCUT2D eigenvalue weighted by atomic mass is 16.7. The fourth-order valence-electron chi connectivity index (χ4n) is 2.98. The van der Waals surface area contributed by atoms with Gasteiger partial charge in [-0.15, -0.1) is 0 Å². The van der Waals surface area contributed by atoms with E-state index in [0.29, 0.717) is 17.8 Å². The van der Waals surface area contributed by atoms with E-state index in [0.717, 1.165) is 0 Å². The van der Waals surface area contributed by atoms with Crippen molar-refractivity contribution >= 4 is 0 Å². The van der Waals surface area contributed by atoms with Crippen LogP contribution in [-0.2, 0) is 14.2 Å². The topological polar surface area (TPSA) is 129 Å². The normalized spacial score (nSPS) is 45.2. The van der Waals surface area contributed by atoms with E-state index in [1.807, 2.05) is 13.8 Å². The first-order valence-corrected chi connectivity index (χ1v) is 7.83. The van der Waals surface area contributed by atoms with Crippen LogP contribution in [0.25, 0.3) is 0 Å². The van der Waals surface area contributed by atoms with Crippen molar-refractivity contribution < 1.29 is 39.7 Å². The van der Waals surface area contributed by atoms with Crippen molar-refractivity contribution in [3.8, 4) is 0 Å². The van der Waals surface area contributed by atoms with E-state index < -0.39 is 43.6 Å². The molecule has 0 aliphatic carbocycles. The molecule has 134 valence electrons. The average molecular weight is 334 g/mol. The second-order valence-electron chi connectivity index (χ2n) is 6.09. The quantitative estimate of drug-likeness (QED) is 0.435. The molecule has 1 fully saturated rings. The predicted octanol–water partition coefficient (Wildman–Crippen LogP) is -1.16. The third-order valence-corrected chi connectivity index (χ3v) is 4.53. The van der Waals surface area contributed by atoms with Gasteiger partial charge in [0, 0.05) is 11.5 Å². The highest BCUT2D eigenvalue weighted by molar-refractivity contribution is 5.16. The van der Waals surface area contributed by atoms with Gasteiger partial charge in [-0.3, -0.25) is 0 Å². The Hall–Kier alpha value is -0.740. The molecule has 0 aromatic heterocycles. The Bertz CT molecular complexity index is 437. The zero-order chi connectivity index (χ0) is 17.3. The van der Waals surface area contributed by atoms with E-state index in [1.54, 1.807) is 6.92 Å². The SMILES string of the molecule is CCC1OC(O)C(C)=C(O[C@@H]2O[C@H](CO)[C@@H](O)[C@H](O)[C@H]2O)[C@@H]1C. The van der Waals surface area contributed by atoms with Crippen LogP contribution in [0.5, 0.6) is 0 Å². The summed E-state index contributed by atoms with van der Waals surface area (Å²) in [6.07, 6.45) is -7.44. The molecule has 0 aromatic carbocycles. The van der Waals surface area contributed by atoms with Crippen molar-refractivity contribution in [2.45, 2.75) is 70.3 Å².